The predicted octanol–water partition coefficient (Wildman–Crippen LogP) is 5.08. The lowest BCUT2D eigenvalue weighted by atomic mass is 10.0. The molecule has 2 fully saturated rings. The third-order valence-electron chi connectivity index (χ3n) is 9.64. The molecule has 4 heterocycles. The molecule has 0 saturated carbocycles. The summed E-state index contributed by atoms with van der Waals surface area (Å²) in [5.41, 5.74) is 5.12. The Morgan fingerprint density at radius 3 is 2.51 bits per heavy atom. The molecule has 0 bridgehead atoms. The number of alkyl carbamates (subject to hydrolysis) is 1. The van der Waals surface area contributed by atoms with Gasteiger partial charge in [-0.2, -0.15) is 0 Å². The number of ether oxygens (including phenoxy) is 1. The fourth-order valence-electron chi connectivity index (χ4n) is 7.09. The number of hydrogen-bond acceptors (Lipinski definition) is 7. The number of likely N-dealkylation sites (tertiary alicyclic amines) is 2. The highest BCUT2D eigenvalue weighted by molar-refractivity contribution is 5.87. The van der Waals surface area contributed by atoms with Gasteiger partial charge in [-0.25, -0.2) is 14.2 Å². The number of nitrogens with zero attached hydrogens (tertiary/aromatic N) is 3. The van der Waals surface area contributed by atoms with Gasteiger partial charge in [0.15, 0.2) is 0 Å². The summed E-state index contributed by atoms with van der Waals surface area (Å²) in [5.74, 6) is 0.115. The minimum Gasteiger partial charge on any atom is -0.453 e. The van der Waals surface area contributed by atoms with Crippen molar-refractivity contribution in [2.45, 2.75) is 50.0 Å². The molecule has 3 aromatic carbocycles. The second-order valence-corrected chi connectivity index (χ2v) is 12.5. The van der Waals surface area contributed by atoms with Crippen LogP contribution in [0.5, 0.6) is 0 Å². The van der Waals surface area contributed by atoms with Crippen LogP contribution in [-0.2, 0) is 14.3 Å². The molecule has 1 aromatic heterocycles. The third kappa shape index (κ3) is 6.46. The van der Waals surface area contributed by atoms with E-state index in [2.05, 4.69) is 25.9 Å². The summed E-state index contributed by atoms with van der Waals surface area (Å²) in [4.78, 5) is 48.6. The highest BCUT2D eigenvalue weighted by Gasteiger charge is 2.40. The van der Waals surface area contributed by atoms with Crippen LogP contribution in [0.15, 0.2) is 85.2 Å². The van der Waals surface area contributed by atoms with E-state index in [9.17, 15) is 14.4 Å². The molecule has 3 amide bonds. The second kappa shape index (κ2) is 13.8. The van der Waals surface area contributed by atoms with Crippen molar-refractivity contribution in [2.24, 2.45) is 0 Å². The van der Waals surface area contributed by atoms with Crippen molar-refractivity contribution < 1.29 is 23.5 Å². The van der Waals surface area contributed by atoms with E-state index in [0.717, 1.165) is 54.5 Å². The Balaban J connectivity index is 1.01. The molecule has 11 nitrogen and oxygen atoms in total. The van der Waals surface area contributed by atoms with Gasteiger partial charge in [-0.1, -0.05) is 60.7 Å². The van der Waals surface area contributed by atoms with Gasteiger partial charge in [0.2, 0.25) is 12.3 Å². The topological polar surface area (TPSA) is 132 Å². The van der Waals surface area contributed by atoms with E-state index in [1.165, 1.54) is 13.2 Å². The van der Waals surface area contributed by atoms with Crippen molar-refractivity contribution in [2.75, 3.05) is 20.2 Å². The summed E-state index contributed by atoms with van der Waals surface area (Å²) in [6.07, 6.45) is 6.89. The molecule has 49 heavy (non-hydrogen) atoms. The first-order valence-corrected chi connectivity index (χ1v) is 16.5. The minimum atomic E-state index is -0.863. The number of carbonyl (C=O) groups is 3. The first-order valence-electron chi connectivity index (χ1n) is 16.5. The van der Waals surface area contributed by atoms with E-state index < -0.39 is 12.1 Å². The standard InChI is InChI=1S/C37H38FN7O4/c1-49-37(48)43-33(25-7-3-2-4-8-25)36(47)45-18-6-10-32(45)35-39-20-29(41-35)24-13-11-23(12-14-24)26-15-16-27(28(38)19-26)30-21-40-34(42-30)31-9-5-17-44(31)22-46/h2-4,7-8,11-16,19-22,31-33,35,39,41H,5-6,9-10,17-18H2,1H3,(H,40,42)(H,43,48)/t31-,32-,33+,35?/m0/s1. The van der Waals surface area contributed by atoms with Gasteiger partial charge in [0.05, 0.1) is 36.8 Å². The van der Waals surface area contributed by atoms with Gasteiger partial charge < -0.3 is 35.5 Å². The van der Waals surface area contributed by atoms with Gasteiger partial charge in [0.1, 0.15) is 23.8 Å². The Morgan fingerprint density at radius 2 is 1.76 bits per heavy atom. The molecule has 12 heteroatoms. The molecule has 4 aromatic rings. The van der Waals surface area contributed by atoms with Gasteiger partial charge in [-0.3, -0.25) is 9.59 Å². The largest absolute Gasteiger partial charge is 0.453 e. The van der Waals surface area contributed by atoms with E-state index in [1.54, 1.807) is 17.2 Å². The maximum Gasteiger partial charge on any atom is 0.407 e. The maximum atomic E-state index is 15.4. The molecule has 252 valence electrons. The number of carbonyl (C=O) groups excluding carboxylic acids is 3. The van der Waals surface area contributed by atoms with Gasteiger partial charge in [-0.05, 0) is 60.1 Å². The summed E-state index contributed by atoms with van der Waals surface area (Å²) in [6, 6.07) is 21.1. The molecule has 4 atom stereocenters. The van der Waals surface area contributed by atoms with Gasteiger partial charge in [-0.15, -0.1) is 0 Å². The number of rotatable bonds is 9. The fraction of sp³-hybridized carbons (Fsp3) is 0.297. The number of benzene rings is 3. The number of H-pyrrole nitrogens is 1. The summed E-state index contributed by atoms with van der Waals surface area (Å²) >= 11 is 0. The fourth-order valence-corrected chi connectivity index (χ4v) is 7.09. The summed E-state index contributed by atoms with van der Waals surface area (Å²) in [5, 5.41) is 9.65. The van der Waals surface area contributed by atoms with E-state index in [-0.39, 0.29) is 30.0 Å². The first kappa shape index (κ1) is 31.9. The normalized spacial score (nSPS) is 20.7. The van der Waals surface area contributed by atoms with E-state index in [1.807, 2.05) is 71.8 Å². The average Bonchev–Trinajstić information content (AvgIpc) is 3.97. The van der Waals surface area contributed by atoms with E-state index in [4.69, 9.17) is 4.74 Å². The predicted molar refractivity (Wildman–Crippen MR) is 182 cm³/mol. The lowest BCUT2D eigenvalue weighted by Crippen LogP contribution is -2.54. The average molecular weight is 664 g/mol. The molecule has 7 rings (SSSR count). The maximum absolute atomic E-state index is 15.4. The van der Waals surface area contributed by atoms with E-state index >= 15 is 4.39 Å². The molecule has 3 aliphatic rings. The Kier molecular flexibility index (Phi) is 9.01. The van der Waals surface area contributed by atoms with Crippen LogP contribution < -0.4 is 16.0 Å². The summed E-state index contributed by atoms with van der Waals surface area (Å²) < 4.78 is 20.2. The second-order valence-electron chi connectivity index (χ2n) is 12.5. The number of halogens is 1. The Hall–Kier alpha value is -5.65. The van der Waals surface area contributed by atoms with Crippen molar-refractivity contribution in [3.05, 3.63) is 108 Å². The van der Waals surface area contributed by atoms with Crippen molar-refractivity contribution in [1.29, 1.82) is 0 Å². The van der Waals surface area contributed by atoms with Gasteiger partial charge in [0.25, 0.3) is 0 Å². The highest BCUT2D eigenvalue weighted by Crippen LogP contribution is 2.33. The zero-order chi connectivity index (χ0) is 33.9. The Morgan fingerprint density at radius 1 is 1.00 bits per heavy atom. The van der Waals surface area contributed by atoms with Gasteiger partial charge >= 0.3 is 6.09 Å². The Labute approximate surface area is 283 Å². The van der Waals surface area contributed by atoms with Crippen LogP contribution in [0.4, 0.5) is 9.18 Å². The minimum absolute atomic E-state index is 0.107. The third-order valence-corrected chi connectivity index (χ3v) is 9.64. The smallest absolute Gasteiger partial charge is 0.407 e. The van der Waals surface area contributed by atoms with E-state index in [0.29, 0.717) is 35.7 Å². The number of aromatic nitrogens is 2. The number of hydrogen-bond donors (Lipinski definition) is 4. The van der Waals surface area contributed by atoms with Crippen LogP contribution in [-0.4, -0.2) is 70.6 Å². The molecule has 0 spiro atoms. The summed E-state index contributed by atoms with van der Waals surface area (Å²) in [7, 11) is 1.28. The van der Waals surface area contributed by atoms with Crippen molar-refractivity contribution >= 4 is 24.1 Å². The summed E-state index contributed by atoms with van der Waals surface area (Å²) in [6.45, 7) is 1.28. The quantitative estimate of drug-likeness (QED) is 0.184. The molecule has 4 N–H and O–H groups in total. The Bertz CT molecular complexity index is 1860. The number of nitrogens with one attached hydrogen (secondary N) is 4. The molecular weight excluding hydrogens is 625 g/mol. The van der Waals surface area contributed by atoms with Crippen molar-refractivity contribution in [3.8, 4) is 22.4 Å². The van der Waals surface area contributed by atoms with Crippen LogP contribution in [0.1, 0.15) is 54.7 Å². The van der Waals surface area contributed by atoms with Gasteiger partial charge in [0, 0.05) is 24.9 Å². The van der Waals surface area contributed by atoms with Crippen molar-refractivity contribution in [1.82, 2.24) is 35.7 Å². The first-order chi connectivity index (χ1) is 23.9. The van der Waals surface area contributed by atoms with Crippen LogP contribution in [0.2, 0.25) is 0 Å². The SMILES string of the molecule is COC(=O)N[C@@H](C(=O)N1CCC[C@H]1C1NC=C(c2ccc(-c3ccc(-c4cnc([C@@H]5CCCN5C=O)[nH]4)c(F)c3)cc2)N1)c1ccccc1. The van der Waals surface area contributed by atoms with Crippen LogP contribution in [0, 0.1) is 5.82 Å². The number of methoxy groups -OCH3 is 1. The van der Waals surface area contributed by atoms with Crippen LogP contribution in [0.3, 0.4) is 0 Å². The molecule has 0 radical (unpaired) electrons. The number of amides is 3. The monoisotopic (exact) mass is 663 g/mol. The molecule has 0 aliphatic carbocycles. The molecule has 3 aliphatic heterocycles. The molecule has 1 unspecified atom stereocenters. The lowest BCUT2D eigenvalue weighted by molar-refractivity contribution is -0.135. The van der Waals surface area contributed by atoms with Crippen LogP contribution >= 0.6 is 0 Å². The molecular formula is C37H38FN7O4. The highest BCUT2D eigenvalue weighted by atomic mass is 19.1. The molecule has 2 saturated heterocycles. The van der Waals surface area contributed by atoms with Crippen LogP contribution in [0.25, 0.3) is 28.1 Å². The zero-order valence-corrected chi connectivity index (χ0v) is 27.1. The zero-order valence-electron chi connectivity index (χ0n) is 27.1. The number of aromatic amines is 1. The number of imidazole rings is 1. The lowest BCUT2D eigenvalue weighted by Gasteiger charge is -2.33. The van der Waals surface area contributed by atoms with Crippen molar-refractivity contribution in [3.63, 3.8) is 0 Å².